The van der Waals surface area contributed by atoms with Gasteiger partial charge in [-0.15, -0.1) is 0 Å². The van der Waals surface area contributed by atoms with Crippen LogP contribution in [0.15, 0.2) is 6.33 Å². The van der Waals surface area contributed by atoms with Crippen molar-refractivity contribution in [2.75, 3.05) is 12.4 Å². The van der Waals surface area contributed by atoms with Gasteiger partial charge in [0.25, 0.3) is 5.88 Å². The second-order valence-corrected chi connectivity index (χ2v) is 4.52. The van der Waals surface area contributed by atoms with Crippen molar-refractivity contribution >= 4 is 17.5 Å². The van der Waals surface area contributed by atoms with Crippen LogP contribution in [0.1, 0.15) is 19.3 Å². The SMILES string of the molecule is COc1ncnc(NC(CC(=O)O)C2CC2)c1[N+](=O)[O-]. The number of nitrogens with one attached hydrogen (secondary N) is 1. The summed E-state index contributed by atoms with van der Waals surface area (Å²) in [6, 6.07) is -0.384. The molecule has 2 N–H and O–H groups in total. The highest BCUT2D eigenvalue weighted by molar-refractivity contribution is 5.69. The van der Waals surface area contributed by atoms with Crippen molar-refractivity contribution in [2.24, 2.45) is 5.92 Å². The number of nitrogens with zero attached hydrogens (tertiary/aromatic N) is 3. The number of carboxylic acid groups (broad SMARTS) is 1. The van der Waals surface area contributed by atoms with Crippen LogP contribution in [-0.4, -0.2) is 39.1 Å². The van der Waals surface area contributed by atoms with Crippen LogP contribution < -0.4 is 10.1 Å². The van der Waals surface area contributed by atoms with E-state index in [1.54, 1.807) is 0 Å². The molecule has 1 aliphatic carbocycles. The number of anilines is 1. The number of aromatic nitrogens is 2. The van der Waals surface area contributed by atoms with Crippen molar-refractivity contribution in [2.45, 2.75) is 25.3 Å². The van der Waals surface area contributed by atoms with Crippen LogP contribution in [-0.2, 0) is 4.79 Å². The molecule has 1 fully saturated rings. The third-order valence-corrected chi connectivity index (χ3v) is 3.07. The van der Waals surface area contributed by atoms with Crippen LogP contribution in [0.3, 0.4) is 0 Å². The van der Waals surface area contributed by atoms with E-state index < -0.39 is 10.9 Å². The Morgan fingerprint density at radius 2 is 2.35 bits per heavy atom. The Bertz CT molecular complexity index is 532. The lowest BCUT2D eigenvalue weighted by Crippen LogP contribution is -2.26. The summed E-state index contributed by atoms with van der Waals surface area (Å²) >= 11 is 0. The lowest BCUT2D eigenvalue weighted by atomic mass is 10.1. The number of aliphatic carboxylic acids is 1. The van der Waals surface area contributed by atoms with Crippen LogP contribution in [0.4, 0.5) is 11.5 Å². The monoisotopic (exact) mass is 282 g/mol. The molecule has 0 amide bonds. The quantitative estimate of drug-likeness (QED) is 0.561. The zero-order chi connectivity index (χ0) is 14.7. The van der Waals surface area contributed by atoms with Crippen molar-refractivity contribution < 1.29 is 19.6 Å². The Labute approximate surface area is 114 Å². The molecule has 1 heterocycles. The molecule has 0 spiro atoms. The van der Waals surface area contributed by atoms with Crippen LogP contribution in [0.25, 0.3) is 0 Å². The van der Waals surface area contributed by atoms with Crippen molar-refractivity contribution in [3.63, 3.8) is 0 Å². The molecule has 9 nitrogen and oxygen atoms in total. The number of hydrogen-bond donors (Lipinski definition) is 2. The fourth-order valence-corrected chi connectivity index (χ4v) is 1.98. The highest BCUT2D eigenvalue weighted by Gasteiger charge is 2.35. The predicted octanol–water partition coefficient (Wildman–Crippen LogP) is 1.06. The van der Waals surface area contributed by atoms with Gasteiger partial charge in [-0.3, -0.25) is 14.9 Å². The molecule has 1 saturated carbocycles. The van der Waals surface area contributed by atoms with E-state index in [4.69, 9.17) is 9.84 Å². The number of nitro groups is 1. The summed E-state index contributed by atoms with van der Waals surface area (Å²) in [6.07, 6.45) is 2.83. The zero-order valence-electron chi connectivity index (χ0n) is 10.8. The predicted molar refractivity (Wildman–Crippen MR) is 67.6 cm³/mol. The molecule has 1 aromatic heterocycles. The Hall–Kier alpha value is -2.45. The minimum Gasteiger partial charge on any atom is -0.481 e. The number of rotatable bonds is 7. The first kappa shape index (κ1) is 14.0. The molecule has 0 radical (unpaired) electrons. The molecule has 2 rings (SSSR count). The smallest absolute Gasteiger partial charge is 0.372 e. The van der Waals surface area contributed by atoms with Crippen molar-refractivity contribution in [3.8, 4) is 5.88 Å². The first-order valence-electron chi connectivity index (χ1n) is 6.04. The van der Waals surface area contributed by atoms with Gasteiger partial charge in [0, 0.05) is 6.04 Å². The molecule has 1 aliphatic rings. The van der Waals surface area contributed by atoms with Crippen molar-refractivity contribution in [1.82, 2.24) is 9.97 Å². The molecule has 0 aromatic carbocycles. The lowest BCUT2D eigenvalue weighted by molar-refractivity contribution is -0.385. The average Bonchev–Trinajstić information content (AvgIpc) is 3.21. The number of carbonyl (C=O) groups is 1. The highest BCUT2D eigenvalue weighted by Crippen LogP contribution is 2.38. The zero-order valence-corrected chi connectivity index (χ0v) is 10.8. The molecule has 9 heteroatoms. The summed E-state index contributed by atoms with van der Waals surface area (Å²) in [4.78, 5) is 28.8. The van der Waals surface area contributed by atoms with Crippen LogP contribution >= 0.6 is 0 Å². The second kappa shape index (κ2) is 5.68. The van der Waals surface area contributed by atoms with Gasteiger partial charge in [-0.1, -0.05) is 0 Å². The van der Waals surface area contributed by atoms with E-state index in [0.29, 0.717) is 0 Å². The Kier molecular flexibility index (Phi) is 3.97. The lowest BCUT2D eigenvalue weighted by Gasteiger charge is -2.16. The van der Waals surface area contributed by atoms with Crippen molar-refractivity contribution in [3.05, 3.63) is 16.4 Å². The van der Waals surface area contributed by atoms with Gasteiger partial charge in [-0.25, -0.2) is 4.98 Å². The van der Waals surface area contributed by atoms with E-state index in [2.05, 4.69) is 15.3 Å². The van der Waals surface area contributed by atoms with Gasteiger partial charge in [0.05, 0.1) is 18.5 Å². The number of methoxy groups -OCH3 is 1. The van der Waals surface area contributed by atoms with Gasteiger partial charge < -0.3 is 15.2 Å². The maximum Gasteiger partial charge on any atom is 0.372 e. The second-order valence-electron chi connectivity index (χ2n) is 4.52. The Morgan fingerprint density at radius 1 is 1.65 bits per heavy atom. The Balaban J connectivity index is 2.27. The van der Waals surface area contributed by atoms with E-state index in [-0.39, 0.29) is 35.8 Å². The molecule has 1 unspecified atom stereocenters. The minimum atomic E-state index is -0.960. The van der Waals surface area contributed by atoms with E-state index in [9.17, 15) is 14.9 Å². The fraction of sp³-hybridized carbons (Fsp3) is 0.545. The molecular formula is C11H14N4O5. The largest absolute Gasteiger partial charge is 0.481 e. The first-order chi connectivity index (χ1) is 9.52. The topological polar surface area (TPSA) is 127 Å². The standard InChI is InChI=1S/C11H14N4O5/c1-20-11-9(15(18)19)10(12-5-13-11)14-7(4-8(16)17)6-2-3-6/h5-7H,2-4H2,1H3,(H,16,17)(H,12,13,14). The summed E-state index contributed by atoms with van der Waals surface area (Å²) in [6.45, 7) is 0. The molecule has 1 atom stereocenters. The number of ether oxygens (including phenoxy) is 1. The molecule has 108 valence electrons. The van der Waals surface area contributed by atoms with E-state index in [1.807, 2.05) is 0 Å². The Morgan fingerprint density at radius 3 is 2.85 bits per heavy atom. The van der Waals surface area contributed by atoms with Gasteiger partial charge >= 0.3 is 11.7 Å². The maximum atomic E-state index is 11.1. The van der Waals surface area contributed by atoms with E-state index >= 15 is 0 Å². The minimum absolute atomic E-state index is 0.0139. The van der Waals surface area contributed by atoms with Gasteiger partial charge in [0.2, 0.25) is 5.82 Å². The summed E-state index contributed by atoms with van der Waals surface area (Å²) < 4.78 is 4.84. The van der Waals surface area contributed by atoms with Gasteiger partial charge in [-0.05, 0) is 18.8 Å². The van der Waals surface area contributed by atoms with Gasteiger partial charge in [-0.2, -0.15) is 4.98 Å². The van der Waals surface area contributed by atoms with E-state index in [1.165, 1.54) is 7.11 Å². The summed E-state index contributed by atoms with van der Waals surface area (Å²) in [7, 11) is 1.27. The fourth-order valence-electron chi connectivity index (χ4n) is 1.98. The molecule has 1 aromatic rings. The van der Waals surface area contributed by atoms with Gasteiger partial charge in [0.1, 0.15) is 6.33 Å². The number of carboxylic acids is 1. The van der Waals surface area contributed by atoms with E-state index in [0.717, 1.165) is 19.2 Å². The van der Waals surface area contributed by atoms with Crippen LogP contribution in [0.2, 0.25) is 0 Å². The molecular weight excluding hydrogens is 268 g/mol. The molecule has 0 bridgehead atoms. The highest BCUT2D eigenvalue weighted by atomic mass is 16.6. The molecule has 20 heavy (non-hydrogen) atoms. The molecule has 0 aliphatic heterocycles. The summed E-state index contributed by atoms with van der Waals surface area (Å²) in [5.74, 6) is -0.929. The van der Waals surface area contributed by atoms with Crippen LogP contribution in [0.5, 0.6) is 5.88 Å². The average molecular weight is 282 g/mol. The molecule has 0 saturated heterocycles. The summed E-state index contributed by atoms with van der Waals surface area (Å²) in [5, 5.41) is 22.8. The van der Waals surface area contributed by atoms with Crippen molar-refractivity contribution in [1.29, 1.82) is 0 Å². The maximum absolute atomic E-state index is 11.1. The van der Waals surface area contributed by atoms with Gasteiger partial charge in [0.15, 0.2) is 0 Å². The summed E-state index contributed by atoms with van der Waals surface area (Å²) in [5.41, 5.74) is -0.383. The normalized spacial score (nSPS) is 15.4. The first-order valence-corrected chi connectivity index (χ1v) is 6.04. The third-order valence-electron chi connectivity index (χ3n) is 3.07. The van der Waals surface area contributed by atoms with Crippen LogP contribution in [0, 0.1) is 16.0 Å². The third kappa shape index (κ3) is 3.11. The number of hydrogen-bond acceptors (Lipinski definition) is 7.